The number of H-pyrrole nitrogens is 1. The quantitative estimate of drug-likeness (QED) is 0.483. The number of rotatable bonds is 4. The zero-order valence-electron chi connectivity index (χ0n) is 14.0. The van der Waals surface area contributed by atoms with E-state index in [1.807, 2.05) is 36.5 Å². The molecule has 0 bridgehead atoms. The second-order valence-corrected chi connectivity index (χ2v) is 5.71. The van der Waals surface area contributed by atoms with Gasteiger partial charge in [-0.3, -0.25) is 0 Å². The molecule has 0 atom stereocenters. The van der Waals surface area contributed by atoms with Gasteiger partial charge in [0.2, 0.25) is 5.95 Å². The molecule has 6 nitrogen and oxygen atoms in total. The van der Waals surface area contributed by atoms with Crippen LogP contribution in [-0.2, 0) is 0 Å². The highest BCUT2D eigenvalue weighted by molar-refractivity contribution is 5.94. The number of methoxy groups -OCH3 is 1. The lowest BCUT2D eigenvalue weighted by Crippen LogP contribution is -2.02. The van der Waals surface area contributed by atoms with E-state index < -0.39 is 5.82 Å². The Morgan fingerprint density at radius 1 is 1.19 bits per heavy atom. The summed E-state index contributed by atoms with van der Waals surface area (Å²) in [5.74, 6) is 0.135. The van der Waals surface area contributed by atoms with E-state index in [4.69, 9.17) is 10.5 Å². The maximum Gasteiger partial charge on any atom is 0.227 e. The van der Waals surface area contributed by atoms with Crippen LogP contribution < -0.4 is 15.8 Å². The minimum absolute atomic E-state index is 0.0149. The smallest absolute Gasteiger partial charge is 0.227 e. The van der Waals surface area contributed by atoms with Crippen LogP contribution in [0.2, 0.25) is 0 Å². The number of anilines is 3. The minimum atomic E-state index is -0.541. The number of fused-ring (bicyclic) bond motifs is 1. The summed E-state index contributed by atoms with van der Waals surface area (Å²) >= 11 is 0. The van der Waals surface area contributed by atoms with Gasteiger partial charge in [0.15, 0.2) is 0 Å². The van der Waals surface area contributed by atoms with Crippen LogP contribution in [0.1, 0.15) is 0 Å². The summed E-state index contributed by atoms with van der Waals surface area (Å²) in [7, 11) is 1.46. The number of aromatic nitrogens is 3. The highest BCUT2D eigenvalue weighted by Crippen LogP contribution is 2.32. The lowest BCUT2D eigenvalue weighted by atomic mass is 10.1. The maximum atomic E-state index is 13.6. The van der Waals surface area contributed by atoms with Crippen molar-refractivity contribution in [3.63, 3.8) is 0 Å². The zero-order chi connectivity index (χ0) is 18.1. The first-order valence-electron chi connectivity index (χ1n) is 7.95. The molecular weight excluding hydrogens is 333 g/mol. The van der Waals surface area contributed by atoms with Crippen molar-refractivity contribution in [2.45, 2.75) is 0 Å². The van der Waals surface area contributed by atoms with Crippen LogP contribution >= 0.6 is 0 Å². The van der Waals surface area contributed by atoms with Crippen molar-refractivity contribution in [3.8, 4) is 17.0 Å². The van der Waals surface area contributed by atoms with E-state index >= 15 is 0 Å². The van der Waals surface area contributed by atoms with Gasteiger partial charge in [-0.15, -0.1) is 0 Å². The Balaban J connectivity index is 1.72. The first kappa shape index (κ1) is 15.9. The number of halogens is 1. The van der Waals surface area contributed by atoms with Gasteiger partial charge in [0, 0.05) is 34.9 Å². The standard InChI is InChI=1S/C19H16FN5O/c1-26-18-8-13(20)14(21)9-17(18)25-19-22-7-6-16(24-19)12-10-23-15-5-3-2-4-11(12)15/h2-10,23H,21H2,1H3,(H,22,24,25). The Hall–Kier alpha value is -3.61. The van der Waals surface area contributed by atoms with E-state index in [2.05, 4.69) is 20.3 Å². The molecule has 0 saturated heterocycles. The molecule has 2 aromatic heterocycles. The predicted molar refractivity (Wildman–Crippen MR) is 100.0 cm³/mol. The molecule has 0 aliphatic heterocycles. The molecule has 0 aliphatic carbocycles. The SMILES string of the molecule is COc1cc(F)c(N)cc1Nc1nccc(-c2c[nH]c3ccccc23)n1. The molecule has 2 aromatic carbocycles. The summed E-state index contributed by atoms with van der Waals surface area (Å²) in [4.78, 5) is 12.0. The number of ether oxygens (including phenoxy) is 1. The van der Waals surface area contributed by atoms with Gasteiger partial charge in [-0.2, -0.15) is 0 Å². The molecule has 0 fully saturated rings. The van der Waals surface area contributed by atoms with Gasteiger partial charge in [-0.05, 0) is 18.2 Å². The van der Waals surface area contributed by atoms with Crippen molar-refractivity contribution in [2.24, 2.45) is 0 Å². The van der Waals surface area contributed by atoms with Crippen LogP contribution in [-0.4, -0.2) is 22.1 Å². The molecule has 0 aliphatic rings. The normalized spacial score (nSPS) is 10.8. The number of aromatic amines is 1. The molecule has 0 saturated carbocycles. The summed E-state index contributed by atoms with van der Waals surface area (Å²) in [6.07, 6.45) is 3.57. The third-order valence-electron chi connectivity index (χ3n) is 4.09. The second-order valence-electron chi connectivity index (χ2n) is 5.71. The van der Waals surface area contributed by atoms with E-state index in [0.717, 1.165) is 22.2 Å². The number of nitrogens with two attached hydrogens (primary N) is 1. The summed E-state index contributed by atoms with van der Waals surface area (Å²) < 4.78 is 18.8. The highest BCUT2D eigenvalue weighted by Gasteiger charge is 2.12. The predicted octanol–water partition coefficient (Wildman–Crippen LogP) is 4.10. The molecule has 0 unspecified atom stereocenters. The molecule has 7 heteroatoms. The zero-order valence-corrected chi connectivity index (χ0v) is 14.0. The van der Waals surface area contributed by atoms with Crippen molar-refractivity contribution in [1.82, 2.24) is 15.0 Å². The number of hydrogen-bond acceptors (Lipinski definition) is 5. The lowest BCUT2D eigenvalue weighted by molar-refractivity contribution is 0.413. The maximum absolute atomic E-state index is 13.6. The molecule has 0 amide bonds. The highest BCUT2D eigenvalue weighted by atomic mass is 19.1. The van der Waals surface area contributed by atoms with Crippen molar-refractivity contribution in [2.75, 3.05) is 18.2 Å². The van der Waals surface area contributed by atoms with Crippen LogP contribution in [0, 0.1) is 5.82 Å². The number of benzene rings is 2. The lowest BCUT2D eigenvalue weighted by Gasteiger charge is -2.12. The van der Waals surface area contributed by atoms with Crippen molar-refractivity contribution in [1.29, 1.82) is 0 Å². The van der Waals surface area contributed by atoms with Gasteiger partial charge < -0.3 is 20.8 Å². The molecule has 4 rings (SSSR count). The molecular formula is C19H16FN5O. The third kappa shape index (κ3) is 2.79. The van der Waals surface area contributed by atoms with Crippen LogP contribution in [0.5, 0.6) is 5.75 Å². The Morgan fingerprint density at radius 2 is 2.04 bits per heavy atom. The molecule has 0 spiro atoms. The van der Waals surface area contributed by atoms with Crippen molar-refractivity contribution >= 4 is 28.2 Å². The van der Waals surface area contributed by atoms with Gasteiger partial charge in [0.05, 0.1) is 24.2 Å². The Bertz CT molecular complexity index is 1090. The molecule has 4 aromatic rings. The fraction of sp³-hybridized carbons (Fsp3) is 0.0526. The summed E-state index contributed by atoms with van der Waals surface area (Å²) in [6.45, 7) is 0. The largest absolute Gasteiger partial charge is 0.494 e. The van der Waals surface area contributed by atoms with E-state index in [-0.39, 0.29) is 5.69 Å². The second kappa shape index (κ2) is 6.36. The Kier molecular flexibility index (Phi) is 3.89. The van der Waals surface area contributed by atoms with E-state index in [9.17, 15) is 4.39 Å². The first-order valence-corrected chi connectivity index (χ1v) is 7.95. The number of nitrogen functional groups attached to an aromatic ring is 1. The van der Waals surface area contributed by atoms with E-state index in [1.165, 1.54) is 19.2 Å². The molecule has 2 heterocycles. The summed E-state index contributed by atoms with van der Waals surface area (Å²) in [5.41, 5.74) is 8.91. The van der Waals surface area contributed by atoms with Gasteiger partial charge in [-0.25, -0.2) is 14.4 Å². The summed E-state index contributed by atoms with van der Waals surface area (Å²) in [5, 5.41) is 4.11. The van der Waals surface area contributed by atoms with Gasteiger partial charge in [0.1, 0.15) is 11.6 Å². The Labute approximate surface area is 148 Å². The van der Waals surface area contributed by atoms with Gasteiger partial charge in [-0.1, -0.05) is 18.2 Å². The number of para-hydroxylation sites is 1. The fourth-order valence-electron chi connectivity index (χ4n) is 2.81. The fourth-order valence-corrected chi connectivity index (χ4v) is 2.81. The van der Waals surface area contributed by atoms with E-state index in [1.54, 1.807) is 6.20 Å². The number of nitrogens with one attached hydrogen (secondary N) is 2. The van der Waals surface area contributed by atoms with Crippen LogP contribution in [0.25, 0.3) is 22.2 Å². The third-order valence-corrected chi connectivity index (χ3v) is 4.09. The molecule has 0 radical (unpaired) electrons. The first-order chi connectivity index (χ1) is 12.7. The van der Waals surface area contributed by atoms with Gasteiger partial charge in [0.25, 0.3) is 0 Å². The van der Waals surface area contributed by atoms with Gasteiger partial charge >= 0.3 is 0 Å². The van der Waals surface area contributed by atoms with Crippen LogP contribution in [0.4, 0.5) is 21.7 Å². The summed E-state index contributed by atoms with van der Waals surface area (Å²) in [6, 6.07) is 12.5. The van der Waals surface area contributed by atoms with Crippen molar-refractivity contribution in [3.05, 3.63) is 60.7 Å². The average molecular weight is 349 g/mol. The molecule has 4 N–H and O–H groups in total. The average Bonchev–Trinajstić information content (AvgIpc) is 3.09. The minimum Gasteiger partial charge on any atom is -0.494 e. The van der Waals surface area contributed by atoms with Crippen LogP contribution in [0.15, 0.2) is 54.9 Å². The molecule has 130 valence electrons. The molecule has 26 heavy (non-hydrogen) atoms. The van der Waals surface area contributed by atoms with Crippen molar-refractivity contribution < 1.29 is 9.13 Å². The topological polar surface area (TPSA) is 88.9 Å². The van der Waals surface area contributed by atoms with E-state index in [0.29, 0.717) is 17.4 Å². The number of hydrogen-bond donors (Lipinski definition) is 3. The van der Waals surface area contributed by atoms with Crippen LogP contribution in [0.3, 0.4) is 0 Å². The Morgan fingerprint density at radius 3 is 2.88 bits per heavy atom. The monoisotopic (exact) mass is 349 g/mol. The number of nitrogens with zero attached hydrogens (tertiary/aromatic N) is 2.